The average Bonchev–Trinajstić information content (AvgIpc) is 1.90. The highest BCUT2D eigenvalue weighted by molar-refractivity contribution is 5.06. The topological polar surface area (TPSA) is 9.23 Å². The van der Waals surface area contributed by atoms with E-state index >= 15 is 0 Å². The first-order valence-electron chi connectivity index (χ1n) is 3.57. The summed E-state index contributed by atoms with van der Waals surface area (Å²) >= 11 is 0. The van der Waals surface area contributed by atoms with Crippen LogP contribution in [-0.2, 0) is 4.74 Å². The van der Waals surface area contributed by atoms with Crippen molar-refractivity contribution < 1.29 is 4.74 Å². The normalized spacial score (nSPS) is 16.5. The van der Waals surface area contributed by atoms with Crippen LogP contribution in [0.4, 0.5) is 0 Å². The van der Waals surface area contributed by atoms with E-state index in [4.69, 9.17) is 4.74 Å². The summed E-state index contributed by atoms with van der Waals surface area (Å²) in [4.78, 5) is 0. The van der Waals surface area contributed by atoms with Gasteiger partial charge in [0.2, 0.25) is 0 Å². The second-order valence-electron chi connectivity index (χ2n) is 2.76. The fourth-order valence-electron chi connectivity index (χ4n) is 1.07. The van der Waals surface area contributed by atoms with E-state index < -0.39 is 0 Å². The van der Waals surface area contributed by atoms with Crippen molar-refractivity contribution in [3.05, 3.63) is 11.6 Å². The fourth-order valence-corrected chi connectivity index (χ4v) is 1.07. The SMILES string of the molecule is C.C.CC(C)C1=CCOCC1. The van der Waals surface area contributed by atoms with E-state index in [1.54, 1.807) is 5.57 Å². The van der Waals surface area contributed by atoms with Gasteiger partial charge in [0.15, 0.2) is 0 Å². The van der Waals surface area contributed by atoms with Gasteiger partial charge in [-0.3, -0.25) is 0 Å². The molecule has 0 spiro atoms. The molecule has 0 saturated heterocycles. The van der Waals surface area contributed by atoms with Crippen LogP contribution in [0.15, 0.2) is 11.6 Å². The van der Waals surface area contributed by atoms with Crippen LogP contribution in [0.5, 0.6) is 0 Å². The lowest BCUT2D eigenvalue weighted by Gasteiger charge is -2.15. The minimum atomic E-state index is 0. The Bertz CT molecular complexity index is 114. The molecule has 0 aromatic carbocycles. The molecule has 1 rings (SSSR count). The van der Waals surface area contributed by atoms with E-state index in [9.17, 15) is 0 Å². The van der Waals surface area contributed by atoms with Gasteiger partial charge in [-0.2, -0.15) is 0 Å². The molecule has 0 fully saturated rings. The van der Waals surface area contributed by atoms with Crippen molar-refractivity contribution in [2.75, 3.05) is 13.2 Å². The maximum Gasteiger partial charge on any atom is 0.0650 e. The summed E-state index contributed by atoms with van der Waals surface area (Å²) in [6.07, 6.45) is 3.34. The molecule has 11 heavy (non-hydrogen) atoms. The van der Waals surface area contributed by atoms with E-state index in [-0.39, 0.29) is 14.9 Å². The second-order valence-corrected chi connectivity index (χ2v) is 2.76. The van der Waals surface area contributed by atoms with Crippen molar-refractivity contribution in [1.82, 2.24) is 0 Å². The number of rotatable bonds is 1. The van der Waals surface area contributed by atoms with Crippen molar-refractivity contribution >= 4 is 0 Å². The van der Waals surface area contributed by atoms with Gasteiger partial charge in [0, 0.05) is 0 Å². The van der Waals surface area contributed by atoms with Gasteiger partial charge >= 0.3 is 0 Å². The van der Waals surface area contributed by atoms with Crippen LogP contribution in [0.25, 0.3) is 0 Å². The van der Waals surface area contributed by atoms with E-state index in [1.807, 2.05) is 0 Å². The summed E-state index contributed by atoms with van der Waals surface area (Å²) in [7, 11) is 0. The largest absolute Gasteiger partial charge is 0.377 e. The predicted octanol–water partition coefficient (Wildman–Crippen LogP) is 3.26. The maximum atomic E-state index is 5.17. The van der Waals surface area contributed by atoms with Gasteiger partial charge < -0.3 is 4.74 Å². The molecule has 0 N–H and O–H groups in total. The minimum absolute atomic E-state index is 0. The highest BCUT2D eigenvalue weighted by Crippen LogP contribution is 2.16. The lowest BCUT2D eigenvalue weighted by atomic mass is 9.99. The maximum absolute atomic E-state index is 5.17. The molecule has 1 aliphatic heterocycles. The number of hydrogen-bond donors (Lipinski definition) is 0. The molecule has 0 radical (unpaired) electrons. The van der Waals surface area contributed by atoms with Crippen LogP contribution in [0.2, 0.25) is 0 Å². The third-order valence-corrected chi connectivity index (χ3v) is 1.74. The summed E-state index contributed by atoms with van der Waals surface area (Å²) in [5, 5.41) is 0. The van der Waals surface area contributed by atoms with Crippen LogP contribution < -0.4 is 0 Å². The highest BCUT2D eigenvalue weighted by Gasteiger charge is 2.05. The van der Waals surface area contributed by atoms with Crippen molar-refractivity contribution in [1.29, 1.82) is 0 Å². The zero-order valence-electron chi connectivity index (χ0n) is 6.18. The lowest BCUT2D eigenvalue weighted by Crippen LogP contribution is -2.07. The number of ether oxygens (including phenoxy) is 1. The Labute approximate surface area is 71.5 Å². The molecule has 0 aliphatic carbocycles. The Hall–Kier alpha value is -0.300. The highest BCUT2D eigenvalue weighted by atomic mass is 16.5. The second kappa shape index (κ2) is 6.41. The predicted molar refractivity (Wildman–Crippen MR) is 51.8 cm³/mol. The molecule has 1 aliphatic rings. The van der Waals surface area contributed by atoms with E-state index in [0.717, 1.165) is 19.6 Å². The van der Waals surface area contributed by atoms with E-state index in [2.05, 4.69) is 19.9 Å². The molecular weight excluding hydrogens is 136 g/mol. The summed E-state index contributed by atoms with van der Waals surface area (Å²) in [6, 6.07) is 0. The molecule has 0 amide bonds. The molecule has 1 heteroatoms. The fraction of sp³-hybridized carbons (Fsp3) is 0.800. The van der Waals surface area contributed by atoms with Gasteiger partial charge in [-0.25, -0.2) is 0 Å². The Morgan fingerprint density at radius 3 is 2.27 bits per heavy atom. The smallest absolute Gasteiger partial charge is 0.0650 e. The van der Waals surface area contributed by atoms with E-state index in [0.29, 0.717) is 5.92 Å². The zero-order chi connectivity index (χ0) is 6.69. The third-order valence-electron chi connectivity index (χ3n) is 1.74. The molecule has 1 heterocycles. The summed E-state index contributed by atoms with van der Waals surface area (Å²) in [5.74, 6) is 0.717. The monoisotopic (exact) mass is 158 g/mol. The Morgan fingerprint density at radius 1 is 1.36 bits per heavy atom. The summed E-state index contributed by atoms with van der Waals surface area (Å²) < 4.78 is 5.17. The first kappa shape index (κ1) is 13.3. The lowest BCUT2D eigenvalue weighted by molar-refractivity contribution is 0.151. The van der Waals surface area contributed by atoms with E-state index in [1.165, 1.54) is 0 Å². The van der Waals surface area contributed by atoms with Gasteiger partial charge in [0.1, 0.15) is 0 Å². The van der Waals surface area contributed by atoms with Crippen molar-refractivity contribution in [3.63, 3.8) is 0 Å². The molecule has 0 saturated carbocycles. The standard InChI is InChI=1S/C8H14O.2CH4/c1-7(2)8-3-5-9-6-4-8;;/h3,7H,4-6H2,1-2H3;2*1H4. The molecule has 0 bridgehead atoms. The Morgan fingerprint density at radius 2 is 2.00 bits per heavy atom. The zero-order valence-corrected chi connectivity index (χ0v) is 6.18. The first-order chi connectivity index (χ1) is 4.30. The van der Waals surface area contributed by atoms with Crippen LogP contribution in [0.3, 0.4) is 0 Å². The van der Waals surface area contributed by atoms with Gasteiger partial charge in [0.05, 0.1) is 13.2 Å². The minimum Gasteiger partial charge on any atom is -0.377 e. The van der Waals surface area contributed by atoms with Crippen LogP contribution in [0.1, 0.15) is 35.1 Å². The summed E-state index contributed by atoms with van der Waals surface area (Å²) in [5.41, 5.74) is 1.56. The van der Waals surface area contributed by atoms with Crippen LogP contribution >= 0.6 is 0 Å². The first-order valence-corrected chi connectivity index (χ1v) is 3.57. The van der Waals surface area contributed by atoms with Crippen molar-refractivity contribution in [2.24, 2.45) is 5.92 Å². The van der Waals surface area contributed by atoms with Gasteiger partial charge in [-0.1, -0.05) is 40.3 Å². The molecule has 0 unspecified atom stereocenters. The molecule has 0 aromatic heterocycles. The number of hydrogen-bond acceptors (Lipinski definition) is 1. The van der Waals surface area contributed by atoms with Gasteiger partial charge in [-0.15, -0.1) is 0 Å². The van der Waals surface area contributed by atoms with Crippen molar-refractivity contribution in [3.8, 4) is 0 Å². The Balaban J connectivity index is 0. The molecule has 1 nitrogen and oxygen atoms in total. The molecule has 0 aromatic rings. The average molecular weight is 158 g/mol. The van der Waals surface area contributed by atoms with Gasteiger partial charge in [0.25, 0.3) is 0 Å². The Kier molecular flexibility index (Phi) is 7.75. The van der Waals surface area contributed by atoms with Gasteiger partial charge in [-0.05, 0) is 12.3 Å². The van der Waals surface area contributed by atoms with Crippen LogP contribution in [-0.4, -0.2) is 13.2 Å². The quantitative estimate of drug-likeness (QED) is 0.532. The third kappa shape index (κ3) is 4.20. The summed E-state index contributed by atoms with van der Waals surface area (Å²) in [6.45, 7) is 6.21. The molecular formula is C10H22O. The van der Waals surface area contributed by atoms with Crippen LogP contribution in [0, 0.1) is 5.92 Å². The molecule has 0 atom stereocenters. The van der Waals surface area contributed by atoms with Crippen molar-refractivity contribution in [2.45, 2.75) is 35.1 Å². The molecule has 68 valence electrons.